The van der Waals surface area contributed by atoms with Gasteiger partial charge in [-0.25, -0.2) is 0 Å². The number of aromatic nitrogens is 1. The standard InChI is InChI=1S/C11H12N2O3S/c14-10-3-6-17-9-1-4-12-7-8(9)13(10)5-2-11(15)16/h1,4,7H,2-3,5-6H2,(H,15,16). The van der Waals surface area contributed by atoms with Crippen LogP contribution in [0.1, 0.15) is 12.8 Å². The third-order valence-electron chi connectivity index (χ3n) is 2.48. The van der Waals surface area contributed by atoms with Gasteiger partial charge in [0.15, 0.2) is 0 Å². The van der Waals surface area contributed by atoms with E-state index in [-0.39, 0.29) is 18.9 Å². The molecule has 0 saturated carbocycles. The fourth-order valence-corrected chi connectivity index (χ4v) is 2.63. The highest BCUT2D eigenvalue weighted by atomic mass is 32.2. The third kappa shape index (κ3) is 2.76. The van der Waals surface area contributed by atoms with Gasteiger partial charge in [0.1, 0.15) is 0 Å². The van der Waals surface area contributed by atoms with E-state index in [2.05, 4.69) is 4.98 Å². The van der Waals surface area contributed by atoms with Gasteiger partial charge in [0, 0.05) is 29.8 Å². The average Bonchev–Trinajstić information content (AvgIpc) is 2.45. The molecule has 0 aromatic carbocycles. The molecule has 0 saturated heterocycles. The number of carbonyl (C=O) groups excluding carboxylic acids is 1. The number of thioether (sulfide) groups is 1. The summed E-state index contributed by atoms with van der Waals surface area (Å²) in [6.07, 6.45) is 3.67. The van der Waals surface area contributed by atoms with E-state index in [1.54, 1.807) is 24.2 Å². The molecular formula is C11H12N2O3S. The van der Waals surface area contributed by atoms with Crippen molar-refractivity contribution in [1.29, 1.82) is 0 Å². The van der Waals surface area contributed by atoms with Gasteiger partial charge in [0.05, 0.1) is 18.3 Å². The number of amides is 1. The van der Waals surface area contributed by atoms with Crippen molar-refractivity contribution >= 4 is 29.3 Å². The van der Waals surface area contributed by atoms with Gasteiger partial charge in [-0.2, -0.15) is 0 Å². The van der Waals surface area contributed by atoms with Crippen molar-refractivity contribution in [2.24, 2.45) is 0 Å². The van der Waals surface area contributed by atoms with E-state index >= 15 is 0 Å². The van der Waals surface area contributed by atoms with Crippen LogP contribution in [0.5, 0.6) is 0 Å². The van der Waals surface area contributed by atoms with Crippen molar-refractivity contribution < 1.29 is 14.7 Å². The quantitative estimate of drug-likeness (QED) is 0.880. The Balaban J connectivity index is 2.27. The Morgan fingerprint density at radius 2 is 2.41 bits per heavy atom. The van der Waals surface area contributed by atoms with Gasteiger partial charge in [-0.3, -0.25) is 14.6 Å². The number of anilines is 1. The Labute approximate surface area is 103 Å². The maximum Gasteiger partial charge on any atom is 0.305 e. The molecule has 0 atom stereocenters. The summed E-state index contributed by atoms with van der Waals surface area (Å²) in [5, 5.41) is 8.69. The number of carbonyl (C=O) groups is 2. The molecule has 1 aliphatic rings. The lowest BCUT2D eigenvalue weighted by atomic mass is 10.3. The molecule has 1 N–H and O–H groups in total. The van der Waals surface area contributed by atoms with E-state index in [0.717, 1.165) is 16.3 Å². The first-order valence-corrected chi connectivity index (χ1v) is 6.26. The van der Waals surface area contributed by atoms with Gasteiger partial charge < -0.3 is 10.0 Å². The van der Waals surface area contributed by atoms with E-state index in [9.17, 15) is 9.59 Å². The molecule has 1 amide bonds. The van der Waals surface area contributed by atoms with Gasteiger partial charge in [0.2, 0.25) is 5.91 Å². The van der Waals surface area contributed by atoms with Crippen LogP contribution >= 0.6 is 11.8 Å². The highest BCUT2D eigenvalue weighted by Gasteiger charge is 2.22. The van der Waals surface area contributed by atoms with Gasteiger partial charge in [-0.15, -0.1) is 11.8 Å². The van der Waals surface area contributed by atoms with Crippen LogP contribution in [0.25, 0.3) is 0 Å². The number of fused-ring (bicyclic) bond motifs is 1. The van der Waals surface area contributed by atoms with E-state index in [1.165, 1.54) is 4.90 Å². The number of hydrogen-bond donors (Lipinski definition) is 1. The maximum absolute atomic E-state index is 11.9. The van der Waals surface area contributed by atoms with E-state index in [4.69, 9.17) is 5.11 Å². The second kappa shape index (κ2) is 5.18. The number of pyridine rings is 1. The molecule has 2 rings (SSSR count). The second-order valence-electron chi connectivity index (χ2n) is 3.63. The number of carboxylic acid groups (broad SMARTS) is 1. The zero-order valence-electron chi connectivity index (χ0n) is 9.13. The van der Waals surface area contributed by atoms with Gasteiger partial charge >= 0.3 is 5.97 Å². The average molecular weight is 252 g/mol. The van der Waals surface area contributed by atoms with Crippen LogP contribution < -0.4 is 4.90 Å². The Morgan fingerprint density at radius 3 is 3.18 bits per heavy atom. The predicted octanol–water partition coefficient (Wildman–Crippen LogP) is 1.39. The van der Waals surface area contributed by atoms with E-state index < -0.39 is 5.97 Å². The minimum absolute atomic E-state index is 0.0366. The molecule has 0 aliphatic carbocycles. The molecule has 6 heteroatoms. The molecule has 5 nitrogen and oxygen atoms in total. The Bertz CT molecular complexity index is 450. The van der Waals surface area contributed by atoms with Crippen LogP contribution in [0.4, 0.5) is 5.69 Å². The summed E-state index contributed by atoms with van der Waals surface area (Å²) < 4.78 is 0. The van der Waals surface area contributed by atoms with Gasteiger partial charge in [-0.05, 0) is 6.07 Å². The highest BCUT2D eigenvalue weighted by molar-refractivity contribution is 7.99. The van der Waals surface area contributed by atoms with Crippen LogP contribution in [0.2, 0.25) is 0 Å². The molecular weight excluding hydrogens is 240 g/mol. The van der Waals surface area contributed by atoms with Crippen molar-refractivity contribution in [3.63, 3.8) is 0 Å². The number of nitrogens with zero attached hydrogens (tertiary/aromatic N) is 2. The lowest BCUT2D eigenvalue weighted by Gasteiger charge is -2.21. The predicted molar refractivity (Wildman–Crippen MR) is 64.2 cm³/mol. The number of aliphatic carboxylic acids is 1. The fraction of sp³-hybridized carbons (Fsp3) is 0.364. The fourth-order valence-electron chi connectivity index (χ4n) is 1.67. The third-order valence-corrected chi connectivity index (χ3v) is 3.54. The number of hydrogen-bond acceptors (Lipinski definition) is 4. The van der Waals surface area contributed by atoms with Crippen molar-refractivity contribution in [1.82, 2.24) is 4.98 Å². The molecule has 2 heterocycles. The summed E-state index contributed by atoms with van der Waals surface area (Å²) in [5.41, 5.74) is 0.723. The number of rotatable bonds is 3. The largest absolute Gasteiger partial charge is 0.481 e. The zero-order chi connectivity index (χ0) is 12.3. The van der Waals surface area contributed by atoms with Crippen molar-refractivity contribution in [2.45, 2.75) is 17.7 Å². The highest BCUT2D eigenvalue weighted by Crippen LogP contribution is 2.33. The summed E-state index contributed by atoms with van der Waals surface area (Å²) in [6.45, 7) is 0.202. The lowest BCUT2D eigenvalue weighted by molar-refractivity contribution is -0.136. The molecule has 0 bridgehead atoms. The van der Waals surface area contributed by atoms with Crippen LogP contribution in [-0.4, -0.2) is 34.3 Å². The Hall–Kier alpha value is -1.56. The zero-order valence-corrected chi connectivity index (χ0v) is 9.94. The van der Waals surface area contributed by atoms with Gasteiger partial charge in [0.25, 0.3) is 0 Å². The molecule has 0 spiro atoms. The summed E-state index contributed by atoms with van der Waals surface area (Å²) in [7, 11) is 0. The molecule has 0 radical (unpaired) electrons. The SMILES string of the molecule is O=C(O)CCN1C(=O)CCSc2ccncc21. The molecule has 1 aromatic rings. The van der Waals surface area contributed by atoms with Gasteiger partial charge in [-0.1, -0.05) is 0 Å². The lowest BCUT2D eigenvalue weighted by Crippen LogP contribution is -2.32. The van der Waals surface area contributed by atoms with Crippen LogP contribution in [-0.2, 0) is 9.59 Å². The summed E-state index contributed by atoms with van der Waals surface area (Å²) >= 11 is 1.60. The molecule has 0 fully saturated rings. The topological polar surface area (TPSA) is 70.5 Å². The van der Waals surface area contributed by atoms with Crippen molar-refractivity contribution in [3.05, 3.63) is 18.5 Å². The van der Waals surface area contributed by atoms with Crippen molar-refractivity contribution in [3.8, 4) is 0 Å². The van der Waals surface area contributed by atoms with E-state index in [1.807, 2.05) is 6.07 Å². The second-order valence-corrected chi connectivity index (χ2v) is 4.77. The van der Waals surface area contributed by atoms with E-state index in [0.29, 0.717) is 6.42 Å². The maximum atomic E-state index is 11.9. The first-order chi connectivity index (χ1) is 8.18. The minimum Gasteiger partial charge on any atom is -0.481 e. The molecule has 1 aliphatic heterocycles. The number of carboxylic acids is 1. The minimum atomic E-state index is -0.903. The van der Waals surface area contributed by atoms with Crippen LogP contribution in [0, 0.1) is 0 Å². The Morgan fingerprint density at radius 1 is 1.59 bits per heavy atom. The summed E-state index contributed by atoms with van der Waals surface area (Å²) in [6, 6.07) is 1.85. The Kier molecular flexibility index (Phi) is 3.63. The molecule has 1 aromatic heterocycles. The normalized spacial score (nSPS) is 15.3. The molecule has 17 heavy (non-hydrogen) atoms. The van der Waals surface area contributed by atoms with Crippen LogP contribution in [0.3, 0.4) is 0 Å². The first kappa shape index (κ1) is 11.9. The first-order valence-electron chi connectivity index (χ1n) is 5.27. The summed E-state index contributed by atoms with van der Waals surface area (Å²) in [4.78, 5) is 29.0. The molecule has 0 unspecified atom stereocenters. The monoisotopic (exact) mass is 252 g/mol. The molecule has 90 valence electrons. The smallest absolute Gasteiger partial charge is 0.305 e. The van der Waals surface area contributed by atoms with Crippen molar-refractivity contribution in [2.75, 3.05) is 17.2 Å². The summed E-state index contributed by atoms with van der Waals surface area (Å²) in [5.74, 6) is -0.218. The van der Waals surface area contributed by atoms with Crippen LogP contribution in [0.15, 0.2) is 23.4 Å².